The van der Waals surface area contributed by atoms with Crippen LogP contribution in [0.25, 0.3) is 0 Å². The van der Waals surface area contributed by atoms with E-state index in [0.29, 0.717) is 17.7 Å². The van der Waals surface area contributed by atoms with Crippen molar-refractivity contribution in [3.8, 4) is 0 Å². The van der Waals surface area contributed by atoms with Crippen LogP contribution in [-0.2, 0) is 14.3 Å². The van der Waals surface area contributed by atoms with E-state index in [2.05, 4.69) is 5.32 Å². The number of hydrogen-bond acceptors (Lipinski definition) is 4. The van der Waals surface area contributed by atoms with Crippen molar-refractivity contribution in [2.24, 2.45) is 0 Å². The number of ether oxygens (including phenoxy) is 2. The maximum atomic E-state index is 14.5. The van der Waals surface area contributed by atoms with Crippen molar-refractivity contribution in [2.75, 3.05) is 13.9 Å². The van der Waals surface area contributed by atoms with Gasteiger partial charge in [-0.15, -0.1) is 0 Å². The zero-order valence-corrected chi connectivity index (χ0v) is 14.9. The van der Waals surface area contributed by atoms with Gasteiger partial charge < -0.3 is 14.8 Å². The zero-order valence-electron chi connectivity index (χ0n) is 14.9. The summed E-state index contributed by atoms with van der Waals surface area (Å²) < 4.78 is 37.8. The molecule has 1 unspecified atom stereocenters. The van der Waals surface area contributed by atoms with Crippen LogP contribution in [0, 0.1) is 11.6 Å². The second-order valence-corrected chi connectivity index (χ2v) is 6.00. The molecule has 0 radical (unpaired) electrons. The molecule has 0 aromatic heterocycles. The third kappa shape index (κ3) is 5.39. The van der Waals surface area contributed by atoms with Gasteiger partial charge in [-0.25, -0.2) is 13.6 Å². The summed E-state index contributed by atoms with van der Waals surface area (Å²) in [4.78, 5) is 12.6. The molecular formula is C21H31F2NO3. The van der Waals surface area contributed by atoms with Gasteiger partial charge in [0.05, 0.1) is 5.57 Å². The number of methoxy groups -OCH3 is 1. The summed E-state index contributed by atoms with van der Waals surface area (Å²) in [5.41, 5.74) is 2.93. The molecule has 1 heterocycles. The van der Waals surface area contributed by atoms with Crippen molar-refractivity contribution >= 4 is 5.97 Å². The number of halogens is 2. The first-order valence-corrected chi connectivity index (χ1v) is 8.19. The van der Waals surface area contributed by atoms with E-state index in [9.17, 15) is 13.6 Å². The number of carbonyl (C=O) groups is 1. The van der Waals surface area contributed by atoms with Crippen LogP contribution in [0.3, 0.4) is 0 Å². The molecule has 0 fully saturated rings. The lowest BCUT2D eigenvalue weighted by Gasteiger charge is -2.32. The highest BCUT2D eigenvalue weighted by Crippen LogP contribution is 2.41. The number of rotatable bonds is 6. The highest BCUT2D eigenvalue weighted by Gasteiger charge is 2.35. The SMILES string of the molecule is C.C.CCCC1=C(C)NC(C)=C(C(=O)OCOC)C1c1ccc(F)cc1F. The lowest BCUT2D eigenvalue weighted by atomic mass is 9.78. The summed E-state index contributed by atoms with van der Waals surface area (Å²) in [5.74, 6) is -2.54. The summed E-state index contributed by atoms with van der Waals surface area (Å²) in [6.07, 6.45) is 1.50. The number of hydrogen-bond donors (Lipinski definition) is 1. The van der Waals surface area contributed by atoms with Crippen LogP contribution >= 0.6 is 0 Å². The van der Waals surface area contributed by atoms with Gasteiger partial charge in [0.15, 0.2) is 6.79 Å². The maximum absolute atomic E-state index is 14.5. The molecule has 0 spiro atoms. The topological polar surface area (TPSA) is 47.6 Å². The van der Waals surface area contributed by atoms with Crippen LogP contribution in [0.1, 0.15) is 59.9 Å². The third-order valence-electron chi connectivity index (χ3n) is 4.22. The lowest BCUT2D eigenvalue weighted by molar-refractivity contribution is -0.149. The fourth-order valence-corrected chi connectivity index (χ4v) is 3.18. The first-order valence-electron chi connectivity index (χ1n) is 8.19. The van der Waals surface area contributed by atoms with Gasteiger partial charge in [-0.05, 0) is 37.5 Å². The predicted molar refractivity (Wildman–Crippen MR) is 104 cm³/mol. The average molecular weight is 383 g/mol. The lowest BCUT2D eigenvalue weighted by Crippen LogP contribution is -2.29. The van der Waals surface area contributed by atoms with E-state index >= 15 is 0 Å². The standard InChI is InChI=1S/C19H23F2NO3.2CH4/c1-5-6-14-11(2)22-12(3)17(19(23)25-10-24-4)18(14)15-8-7-13(20)9-16(15)21;;/h7-9,18,22H,5-6,10H2,1-4H3;2*1H4. The fraction of sp³-hybridized carbons (Fsp3) is 0.476. The van der Waals surface area contributed by atoms with Gasteiger partial charge in [0.25, 0.3) is 0 Å². The van der Waals surface area contributed by atoms with Crippen molar-refractivity contribution in [1.29, 1.82) is 0 Å². The van der Waals surface area contributed by atoms with Gasteiger partial charge in [-0.2, -0.15) is 0 Å². The molecule has 2 rings (SSSR count). The molecule has 6 heteroatoms. The maximum Gasteiger partial charge on any atom is 0.338 e. The van der Waals surface area contributed by atoms with E-state index in [1.54, 1.807) is 6.92 Å². The van der Waals surface area contributed by atoms with Crippen LogP contribution in [0.5, 0.6) is 0 Å². The van der Waals surface area contributed by atoms with E-state index in [1.165, 1.54) is 19.2 Å². The summed E-state index contributed by atoms with van der Waals surface area (Å²) in [6, 6.07) is 3.43. The number of allylic oxidation sites excluding steroid dienone is 3. The molecule has 1 aliphatic heterocycles. The van der Waals surface area contributed by atoms with E-state index in [4.69, 9.17) is 9.47 Å². The largest absolute Gasteiger partial charge is 0.435 e. The Morgan fingerprint density at radius 2 is 1.85 bits per heavy atom. The highest BCUT2D eigenvalue weighted by molar-refractivity contribution is 5.92. The Morgan fingerprint density at radius 3 is 2.41 bits per heavy atom. The predicted octanol–water partition coefficient (Wildman–Crippen LogP) is 5.42. The van der Waals surface area contributed by atoms with Gasteiger partial charge in [0.2, 0.25) is 0 Å². The number of esters is 1. The Hall–Kier alpha value is -2.21. The molecule has 1 atom stereocenters. The molecule has 152 valence electrons. The normalized spacial score (nSPS) is 16.3. The second kappa shape index (κ2) is 10.8. The first-order chi connectivity index (χ1) is 11.9. The van der Waals surface area contributed by atoms with Gasteiger partial charge in [0.1, 0.15) is 11.6 Å². The minimum absolute atomic E-state index is 0. The Balaban J connectivity index is 0.00000338. The van der Waals surface area contributed by atoms with E-state index in [0.717, 1.165) is 23.8 Å². The molecule has 0 aliphatic carbocycles. The minimum Gasteiger partial charge on any atom is -0.435 e. The summed E-state index contributed by atoms with van der Waals surface area (Å²) in [7, 11) is 1.41. The number of carbonyl (C=O) groups excluding carboxylic acids is 1. The van der Waals surface area contributed by atoms with Gasteiger partial charge in [-0.1, -0.05) is 34.3 Å². The number of benzene rings is 1. The van der Waals surface area contributed by atoms with Crippen LogP contribution in [0.15, 0.2) is 40.7 Å². The molecule has 1 aliphatic rings. The van der Waals surface area contributed by atoms with Gasteiger partial charge >= 0.3 is 5.97 Å². The molecule has 0 saturated heterocycles. The Bertz CT molecular complexity index is 726. The van der Waals surface area contributed by atoms with E-state index in [-0.39, 0.29) is 27.2 Å². The molecule has 1 aromatic carbocycles. The Kier molecular flexibility index (Phi) is 9.94. The van der Waals surface area contributed by atoms with Crippen LogP contribution in [0.2, 0.25) is 0 Å². The quantitative estimate of drug-likeness (QED) is 0.526. The molecule has 1 aromatic rings. The second-order valence-electron chi connectivity index (χ2n) is 6.00. The zero-order chi connectivity index (χ0) is 18.6. The van der Waals surface area contributed by atoms with Crippen molar-refractivity contribution in [3.63, 3.8) is 0 Å². The van der Waals surface area contributed by atoms with E-state index < -0.39 is 23.5 Å². The molecule has 0 saturated carbocycles. The minimum atomic E-state index is -0.682. The van der Waals surface area contributed by atoms with Crippen molar-refractivity contribution in [2.45, 2.75) is 54.4 Å². The summed E-state index contributed by atoms with van der Waals surface area (Å²) >= 11 is 0. The van der Waals surface area contributed by atoms with Gasteiger partial charge in [0, 0.05) is 30.5 Å². The Labute approximate surface area is 161 Å². The molecule has 4 nitrogen and oxygen atoms in total. The number of dihydropyridines is 1. The monoisotopic (exact) mass is 383 g/mol. The summed E-state index contributed by atoms with van der Waals surface area (Å²) in [6.45, 7) is 5.44. The molecular weight excluding hydrogens is 352 g/mol. The Morgan fingerprint density at radius 1 is 1.19 bits per heavy atom. The fourth-order valence-electron chi connectivity index (χ4n) is 3.18. The molecule has 0 amide bonds. The van der Waals surface area contributed by atoms with E-state index in [1.807, 2.05) is 13.8 Å². The average Bonchev–Trinajstić information content (AvgIpc) is 2.55. The molecule has 1 N–H and O–H groups in total. The number of nitrogens with one attached hydrogen (secondary N) is 1. The van der Waals surface area contributed by atoms with Crippen molar-refractivity contribution < 1.29 is 23.0 Å². The van der Waals surface area contributed by atoms with Crippen molar-refractivity contribution in [3.05, 3.63) is 57.9 Å². The highest BCUT2D eigenvalue weighted by atomic mass is 19.1. The smallest absolute Gasteiger partial charge is 0.338 e. The summed E-state index contributed by atoms with van der Waals surface area (Å²) in [5, 5.41) is 3.17. The van der Waals surface area contributed by atoms with Crippen LogP contribution in [-0.4, -0.2) is 19.9 Å². The van der Waals surface area contributed by atoms with Crippen LogP contribution in [0.4, 0.5) is 8.78 Å². The van der Waals surface area contributed by atoms with Crippen LogP contribution < -0.4 is 5.32 Å². The molecule has 0 bridgehead atoms. The van der Waals surface area contributed by atoms with Crippen molar-refractivity contribution in [1.82, 2.24) is 5.32 Å². The van der Waals surface area contributed by atoms with Gasteiger partial charge in [-0.3, -0.25) is 0 Å². The third-order valence-corrected chi connectivity index (χ3v) is 4.22. The molecule has 27 heavy (non-hydrogen) atoms. The first kappa shape index (κ1) is 24.8.